The van der Waals surface area contributed by atoms with E-state index in [1.807, 2.05) is 57.2 Å². The Hall–Kier alpha value is -3.12. The van der Waals surface area contributed by atoms with Crippen molar-refractivity contribution in [2.75, 3.05) is 11.4 Å². The molecule has 0 unspecified atom stereocenters. The van der Waals surface area contributed by atoms with Gasteiger partial charge >= 0.3 is 0 Å². The summed E-state index contributed by atoms with van der Waals surface area (Å²) in [5, 5.41) is 3.04. The molecule has 0 aliphatic rings. The van der Waals surface area contributed by atoms with Gasteiger partial charge < -0.3 is 5.32 Å². The first-order valence-corrected chi connectivity index (χ1v) is 11.7. The van der Waals surface area contributed by atoms with E-state index >= 15 is 0 Å². The zero-order valence-electron chi connectivity index (χ0n) is 18.3. The maximum Gasteiger partial charge on any atom is 0.264 e. The van der Waals surface area contributed by atoms with Gasteiger partial charge in [-0.05, 0) is 61.2 Å². The first-order chi connectivity index (χ1) is 14.8. The Morgan fingerprint density at radius 3 is 2.23 bits per heavy atom. The first-order valence-electron chi connectivity index (χ1n) is 10.3. The van der Waals surface area contributed by atoms with E-state index in [0.29, 0.717) is 11.3 Å². The van der Waals surface area contributed by atoms with E-state index in [1.165, 1.54) is 23.5 Å². The second kappa shape index (κ2) is 9.35. The molecule has 3 rings (SSSR count). The second-order valence-corrected chi connectivity index (χ2v) is 9.55. The van der Waals surface area contributed by atoms with Crippen LogP contribution in [0.3, 0.4) is 0 Å². The van der Waals surface area contributed by atoms with Gasteiger partial charge in [-0.2, -0.15) is 0 Å². The quantitative estimate of drug-likeness (QED) is 0.566. The zero-order chi connectivity index (χ0) is 22.6. The van der Waals surface area contributed by atoms with Crippen molar-refractivity contribution >= 4 is 21.6 Å². The number of benzene rings is 3. The molecule has 31 heavy (non-hydrogen) atoms. The summed E-state index contributed by atoms with van der Waals surface area (Å²) in [7, 11) is -2.29. The lowest BCUT2D eigenvalue weighted by atomic mass is 9.99. The molecular weight excluding hydrogens is 408 g/mol. The molecule has 3 aromatic carbocycles. The summed E-state index contributed by atoms with van der Waals surface area (Å²) in [6.07, 6.45) is 0.727. The topological polar surface area (TPSA) is 66.5 Å². The van der Waals surface area contributed by atoms with E-state index in [-0.39, 0.29) is 16.8 Å². The first kappa shape index (κ1) is 22.6. The van der Waals surface area contributed by atoms with Gasteiger partial charge in [-0.15, -0.1) is 0 Å². The van der Waals surface area contributed by atoms with Crippen LogP contribution >= 0.6 is 0 Å². The van der Waals surface area contributed by atoms with Gasteiger partial charge in [-0.25, -0.2) is 8.42 Å². The van der Waals surface area contributed by atoms with Crippen LogP contribution in [0.1, 0.15) is 46.4 Å². The predicted molar refractivity (Wildman–Crippen MR) is 125 cm³/mol. The fraction of sp³-hybridized carbons (Fsp3) is 0.240. The fourth-order valence-corrected chi connectivity index (χ4v) is 4.93. The number of carbonyl (C=O) groups excluding carboxylic acids is 1. The lowest BCUT2D eigenvalue weighted by molar-refractivity contribution is 0.0935. The number of hydrogen-bond acceptors (Lipinski definition) is 3. The van der Waals surface area contributed by atoms with Crippen LogP contribution < -0.4 is 9.62 Å². The molecule has 0 saturated carbocycles. The van der Waals surface area contributed by atoms with E-state index in [1.54, 1.807) is 24.3 Å². The molecule has 0 aromatic heterocycles. The summed E-state index contributed by atoms with van der Waals surface area (Å²) in [4.78, 5) is 13.0. The third-order valence-electron chi connectivity index (χ3n) is 5.49. The van der Waals surface area contributed by atoms with E-state index in [9.17, 15) is 13.2 Å². The third kappa shape index (κ3) is 4.80. The number of sulfonamides is 1. The molecule has 0 saturated heterocycles. The van der Waals surface area contributed by atoms with Gasteiger partial charge in [0.1, 0.15) is 0 Å². The molecule has 1 N–H and O–H groups in total. The van der Waals surface area contributed by atoms with Gasteiger partial charge in [-0.3, -0.25) is 9.10 Å². The molecule has 0 aliphatic carbocycles. The average Bonchev–Trinajstić information content (AvgIpc) is 2.78. The van der Waals surface area contributed by atoms with Gasteiger partial charge in [-0.1, -0.05) is 55.5 Å². The number of carbonyl (C=O) groups is 1. The number of rotatable bonds is 7. The zero-order valence-corrected chi connectivity index (χ0v) is 19.1. The Kier molecular flexibility index (Phi) is 6.81. The summed E-state index contributed by atoms with van der Waals surface area (Å²) in [5.74, 6) is -0.300. The monoisotopic (exact) mass is 436 g/mol. The van der Waals surface area contributed by atoms with E-state index in [4.69, 9.17) is 0 Å². The van der Waals surface area contributed by atoms with Crippen LogP contribution in [0.2, 0.25) is 0 Å². The molecule has 162 valence electrons. The maximum atomic E-state index is 13.2. The number of para-hydroxylation sites is 1. The van der Waals surface area contributed by atoms with Crippen LogP contribution in [0.4, 0.5) is 5.69 Å². The molecular formula is C25H28N2O3S. The lowest BCUT2D eigenvalue weighted by Gasteiger charge is -2.22. The Bertz CT molecular complexity index is 1190. The highest BCUT2D eigenvalue weighted by Gasteiger charge is 2.24. The molecule has 0 fully saturated rings. The van der Waals surface area contributed by atoms with Gasteiger partial charge in [0.05, 0.1) is 16.6 Å². The molecule has 5 nitrogen and oxygen atoms in total. The number of amides is 1. The Morgan fingerprint density at radius 1 is 0.935 bits per heavy atom. The number of anilines is 1. The van der Waals surface area contributed by atoms with Crippen molar-refractivity contribution in [2.45, 2.75) is 38.1 Å². The van der Waals surface area contributed by atoms with Crippen molar-refractivity contribution in [1.82, 2.24) is 5.32 Å². The number of hydrogen-bond donors (Lipinski definition) is 1. The molecule has 1 atom stereocenters. The van der Waals surface area contributed by atoms with Gasteiger partial charge in [0.25, 0.3) is 15.9 Å². The predicted octanol–water partition coefficient (Wildman–Crippen LogP) is 5.01. The molecule has 6 heteroatoms. The Balaban J connectivity index is 1.88. The summed E-state index contributed by atoms with van der Waals surface area (Å²) in [6, 6.07) is 21.2. The highest BCUT2D eigenvalue weighted by Crippen LogP contribution is 2.26. The van der Waals surface area contributed by atoms with Crippen LogP contribution in [-0.2, 0) is 10.0 Å². The van der Waals surface area contributed by atoms with Crippen molar-refractivity contribution < 1.29 is 13.2 Å². The summed E-state index contributed by atoms with van der Waals surface area (Å²) in [6.45, 7) is 5.88. The van der Waals surface area contributed by atoms with E-state index < -0.39 is 10.0 Å². The third-order valence-corrected chi connectivity index (χ3v) is 7.25. The number of aryl methyl sites for hydroxylation is 2. The standard InChI is InChI=1S/C25H28N2O3S/c1-5-23(22-15-8-6-11-18(22)2)26-25(28)20-13-10-14-21(17-20)31(29,30)27(4)24-16-9-7-12-19(24)3/h6-17,23H,5H2,1-4H3,(H,26,28)/t23-/m0/s1. The van der Waals surface area contributed by atoms with Crippen molar-refractivity contribution in [1.29, 1.82) is 0 Å². The van der Waals surface area contributed by atoms with Gasteiger partial charge in [0.2, 0.25) is 0 Å². The summed E-state index contributed by atoms with van der Waals surface area (Å²) in [5.41, 5.74) is 3.92. The largest absolute Gasteiger partial charge is 0.345 e. The minimum Gasteiger partial charge on any atom is -0.345 e. The van der Waals surface area contributed by atoms with Gasteiger partial charge in [0, 0.05) is 12.6 Å². The number of nitrogens with zero attached hydrogens (tertiary/aromatic N) is 1. The Morgan fingerprint density at radius 2 is 1.58 bits per heavy atom. The number of nitrogens with one attached hydrogen (secondary N) is 1. The van der Waals surface area contributed by atoms with Crippen molar-refractivity contribution in [3.8, 4) is 0 Å². The van der Waals surface area contributed by atoms with Crippen LogP contribution in [0.15, 0.2) is 77.7 Å². The molecule has 0 heterocycles. The average molecular weight is 437 g/mol. The minimum atomic E-state index is -3.81. The normalized spacial score (nSPS) is 12.3. The Labute approximate surface area is 184 Å². The molecule has 0 radical (unpaired) electrons. The van der Waals surface area contributed by atoms with E-state index in [0.717, 1.165) is 23.1 Å². The smallest absolute Gasteiger partial charge is 0.264 e. The molecule has 0 aliphatic heterocycles. The molecule has 3 aromatic rings. The van der Waals surface area contributed by atoms with Crippen molar-refractivity contribution in [3.63, 3.8) is 0 Å². The highest BCUT2D eigenvalue weighted by atomic mass is 32.2. The molecule has 1 amide bonds. The van der Waals surface area contributed by atoms with Gasteiger partial charge in [0.15, 0.2) is 0 Å². The van der Waals surface area contributed by atoms with Crippen molar-refractivity contribution in [3.05, 3.63) is 95.1 Å². The van der Waals surface area contributed by atoms with Crippen LogP contribution in [0.25, 0.3) is 0 Å². The second-order valence-electron chi connectivity index (χ2n) is 7.58. The molecule has 0 spiro atoms. The summed E-state index contributed by atoms with van der Waals surface area (Å²) >= 11 is 0. The summed E-state index contributed by atoms with van der Waals surface area (Å²) < 4.78 is 27.6. The van der Waals surface area contributed by atoms with Crippen LogP contribution in [-0.4, -0.2) is 21.4 Å². The SMILES string of the molecule is CC[C@H](NC(=O)c1cccc(S(=O)(=O)N(C)c2ccccc2C)c1)c1ccccc1C. The lowest BCUT2D eigenvalue weighted by Crippen LogP contribution is -2.30. The minimum absolute atomic E-state index is 0.0786. The fourth-order valence-electron chi connectivity index (χ4n) is 3.62. The van der Waals surface area contributed by atoms with Crippen molar-refractivity contribution in [2.24, 2.45) is 0 Å². The van der Waals surface area contributed by atoms with Crippen LogP contribution in [0.5, 0.6) is 0 Å². The molecule has 0 bridgehead atoms. The maximum absolute atomic E-state index is 13.2. The van der Waals surface area contributed by atoms with Crippen LogP contribution in [0, 0.1) is 13.8 Å². The highest BCUT2D eigenvalue weighted by molar-refractivity contribution is 7.92. The van der Waals surface area contributed by atoms with E-state index in [2.05, 4.69) is 5.32 Å².